The van der Waals surface area contributed by atoms with Gasteiger partial charge in [0.15, 0.2) is 0 Å². The van der Waals surface area contributed by atoms with Crippen LogP contribution in [0.4, 0.5) is 10.7 Å². The maximum Gasteiger partial charge on any atom is 0.266 e. The molecule has 2 heterocycles. The molecule has 1 aromatic carbocycles. The molecule has 0 saturated heterocycles. The van der Waals surface area contributed by atoms with E-state index in [-0.39, 0.29) is 11.8 Å². The molecular formula is C22H22N2O3S2. The largest absolute Gasteiger partial charge is 0.497 e. The first-order chi connectivity index (χ1) is 14.0. The van der Waals surface area contributed by atoms with Crippen molar-refractivity contribution in [3.05, 3.63) is 62.7 Å². The number of carbonyl (C=O) groups excluding carboxylic acids is 2. The van der Waals surface area contributed by atoms with E-state index >= 15 is 0 Å². The zero-order valence-corrected chi connectivity index (χ0v) is 17.9. The Kier molecular flexibility index (Phi) is 5.69. The van der Waals surface area contributed by atoms with Crippen LogP contribution in [0.25, 0.3) is 0 Å². The zero-order valence-electron chi connectivity index (χ0n) is 16.3. The highest BCUT2D eigenvalue weighted by molar-refractivity contribution is 7.17. The van der Waals surface area contributed by atoms with Crippen molar-refractivity contribution in [2.75, 3.05) is 17.7 Å². The molecule has 5 nitrogen and oxygen atoms in total. The molecule has 0 radical (unpaired) electrons. The number of anilines is 2. The van der Waals surface area contributed by atoms with E-state index < -0.39 is 0 Å². The second-order valence-corrected chi connectivity index (χ2v) is 9.22. The van der Waals surface area contributed by atoms with Crippen molar-refractivity contribution in [3.63, 3.8) is 0 Å². The van der Waals surface area contributed by atoms with Crippen LogP contribution in [-0.2, 0) is 12.8 Å². The van der Waals surface area contributed by atoms with Crippen molar-refractivity contribution < 1.29 is 14.3 Å². The third kappa shape index (κ3) is 4.21. The molecule has 4 rings (SSSR count). The number of ether oxygens (including phenoxy) is 1. The monoisotopic (exact) mass is 426 g/mol. The molecule has 0 fully saturated rings. The summed E-state index contributed by atoms with van der Waals surface area (Å²) < 4.78 is 5.17. The lowest BCUT2D eigenvalue weighted by molar-refractivity contribution is 0.102. The minimum atomic E-state index is -0.191. The average Bonchev–Trinajstić information content (AvgIpc) is 3.36. The molecule has 1 atom stereocenters. The number of methoxy groups -OCH3 is 1. The number of nitrogens with one attached hydrogen (secondary N) is 2. The summed E-state index contributed by atoms with van der Waals surface area (Å²) in [6, 6.07) is 10.9. The Morgan fingerprint density at radius 3 is 2.59 bits per heavy atom. The van der Waals surface area contributed by atoms with Gasteiger partial charge in [-0.25, -0.2) is 0 Å². The summed E-state index contributed by atoms with van der Waals surface area (Å²) in [6.45, 7) is 2.23. The highest BCUT2D eigenvalue weighted by Gasteiger charge is 2.28. The van der Waals surface area contributed by atoms with Gasteiger partial charge in [-0.15, -0.1) is 22.7 Å². The van der Waals surface area contributed by atoms with E-state index in [9.17, 15) is 9.59 Å². The lowest BCUT2D eigenvalue weighted by Crippen LogP contribution is -2.19. The summed E-state index contributed by atoms with van der Waals surface area (Å²) in [6.07, 6.45) is 2.84. The smallest absolute Gasteiger partial charge is 0.266 e. The minimum Gasteiger partial charge on any atom is -0.497 e. The standard InChI is InChI=1S/C22H22N2O3S2/c1-13-5-10-16-18(12-13)29-22(24-20(25)17-4-3-11-28-17)19(16)21(26)23-14-6-8-15(27-2)9-7-14/h3-4,6-9,11,13H,5,10,12H2,1-2H3,(H,23,26)(H,24,25)/t13-/m1/s1. The first-order valence-corrected chi connectivity index (χ1v) is 11.2. The fraction of sp³-hybridized carbons (Fsp3) is 0.273. The molecule has 1 aliphatic rings. The number of hydrogen-bond donors (Lipinski definition) is 2. The SMILES string of the molecule is COc1ccc(NC(=O)c2c(NC(=O)c3cccs3)sc3c2CC[C@@H](C)C3)cc1. The zero-order chi connectivity index (χ0) is 20.4. The van der Waals surface area contributed by atoms with Gasteiger partial charge >= 0.3 is 0 Å². The predicted octanol–water partition coefficient (Wildman–Crippen LogP) is 5.45. The molecule has 0 aliphatic heterocycles. The van der Waals surface area contributed by atoms with Crippen molar-refractivity contribution in [3.8, 4) is 5.75 Å². The molecule has 150 valence electrons. The minimum absolute atomic E-state index is 0.176. The van der Waals surface area contributed by atoms with Crippen LogP contribution in [0.3, 0.4) is 0 Å². The van der Waals surface area contributed by atoms with Gasteiger partial charge in [-0.1, -0.05) is 13.0 Å². The molecule has 0 bridgehead atoms. The quantitative estimate of drug-likeness (QED) is 0.570. The van der Waals surface area contributed by atoms with Gasteiger partial charge in [0.25, 0.3) is 11.8 Å². The molecule has 7 heteroatoms. The first-order valence-electron chi connectivity index (χ1n) is 9.50. The normalized spacial score (nSPS) is 15.4. The third-order valence-corrected chi connectivity index (χ3v) is 7.10. The molecule has 0 saturated carbocycles. The first kappa shape index (κ1) is 19.7. The van der Waals surface area contributed by atoms with Crippen molar-refractivity contribution in [2.24, 2.45) is 5.92 Å². The van der Waals surface area contributed by atoms with Gasteiger partial charge in [0.2, 0.25) is 0 Å². The van der Waals surface area contributed by atoms with E-state index in [0.717, 1.165) is 30.6 Å². The number of carbonyl (C=O) groups is 2. The molecule has 2 aromatic heterocycles. The van der Waals surface area contributed by atoms with E-state index in [2.05, 4.69) is 17.6 Å². The molecule has 2 N–H and O–H groups in total. The van der Waals surface area contributed by atoms with Crippen LogP contribution in [-0.4, -0.2) is 18.9 Å². The van der Waals surface area contributed by atoms with Gasteiger partial charge in [-0.05, 0) is 66.5 Å². The second-order valence-electron chi connectivity index (χ2n) is 7.17. The van der Waals surface area contributed by atoms with Gasteiger partial charge in [0, 0.05) is 10.6 Å². The van der Waals surface area contributed by atoms with Gasteiger partial charge in [0.1, 0.15) is 10.8 Å². The predicted molar refractivity (Wildman–Crippen MR) is 119 cm³/mol. The number of rotatable bonds is 5. The van der Waals surface area contributed by atoms with Gasteiger partial charge < -0.3 is 15.4 Å². The Hall–Kier alpha value is -2.64. The van der Waals surface area contributed by atoms with Crippen LogP contribution in [0.2, 0.25) is 0 Å². The van der Waals surface area contributed by atoms with E-state index in [1.54, 1.807) is 25.3 Å². The number of hydrogen-bond acceptors (Lipinski definition) is 5. The molecule has 29 heavy (non-hydrogen) atoms. The fourth-order valence-corrected chi connectivity index (χ4v) is 5.54. The Morgan fingerprint density at radius 1 is 1.10 bits per heavy atom. The Labute approximate surface area is 177 Å². The Morgan fingerprint density at radius 2 is 1.90 bits per heavy atom. The highest BCUT2D eigenvalue weighted by Crippen LogP contribution is 2.40. The highest BCUT2D eigenvalue weighted by atomic mass is 32.1. The molecule has 0 unspecified atom stereocenters. The summed E-state index contributed by atoms with van der Waals surface area (Å²) in [5.41, 5.74) is 2.36. The summed E-state index contributed by atoms with van der Waals surface area (Å²) in [7, 11) is 1.61. The lowest BCUT2D eigenvalue weighted by Gasteiger charge is -2.18. The third-order valence-electron chi connectivity index (χ3n) is 5.06. The lowest BCUT2D eigenvalue weighted by atomic mass is 9.88. The van der Waals surface area contributed by atoms with E-state index in [1.165, 1.54) is 27.6 Å². The second kappa shape index (κ2) is 8.39. The Balaban J connectivity index is 1.64. The van der Waals surface area contributed by atoms with Crippen molar-refractivity contribution in [1.29, 1.82) is 0 Å². The van der Waals surface area contributed by atoms with E-state index in [1.807, 2.05) is 23.6 Å². The molecule has 1 aliphatic carbocycles. The van der Waals surface area contributed by atoms with Crippen molar-refractivity contribution >= 4 is 45.2 Å². The van der Waals surface area contributed by atoms with Gasteiger partial charge in [-0.2, -0.15) is 0 Å². The van der Waals surface area contributed by atoms with E-state index in [4.69, 9.17) is 4.74 Å². The number of amides is 2. The van der Waals surface area contributed by atoms with Crippen LogP contribution in [0.1, 0.15) is 43.8 Å². The van der Waals surface area contributed by atoms with Gasteiger partial charge in [-0.3, -0.25) is 9.59 Å². The summed E-state index contributed by atoms with van der Waals surface area (Å²) in [4.78, 5) is 27.6. The van der Waals surface area contributed by atoms with Gasteiger partial charge in [0.05, 0.1) is 17.6 Å². The van der Waals surface area contributed by atoms with Crippen LogP contribution >= 0.6 is 22.7 Å². The summed E-state index contributed by atoms with van der Waals surface area (Å²) in [5, 5.41) is 8.45. The molecule has 3 aromatic rings. The van der Waals surface area contributed by atoms with Crippen LogP contribution < -0.4 is 15.4 Å². The topological polar surface area (TPSA) is 67.4 Å². The van der Waals surface area contributed by atoms with Crippen LogP contribution in [0, 0.1) is 5.92 Å². The maximum atomic E-state index is 13.2. The maximum absolute atomic E-state index is 13.2. The molecule has 2 amide bonds. The number of benzene rings is 1. The Bertz CT molecular complexity index is 1020. The summed E-state index contributed by atoms with van der Waals surface area (Å²) in [5.74, 6) is 0.946. The van der Waals surface area contributed by atoms with Crippen LogP contribution in [0.15, 0.2) is 41.8 Å². The number of fused-ring (bicyclic) bond motifs is 1. The molecule has 0 spiro atoms. The number of thiophene rings is 2. The van der Waals surface area contributed by atoms with Crippen molar-refractivity contribution in [1.82, 2.24) is 0 Å². The fourth-order valence-electron chi connectivity index (χ4n) is 3.52. The summed E-state index contributed by atoms with van der Waals surface area (Å²) >= 11 is 2.91. The van der Waals surface area contributed by atoms with Crippen molar-refractivity contribution in [2.45, 2.75) is 26.2 Å². The average molecular weight is 427 g/mol. The van der Waals surface area contributed by atoms with Crippen LogP contribution in [0.5, 0.6) is 5.75 Å². The molecular weight excluding hydrogens is 404 g/mol. The van der Waals surface area contributed by atoms with E-state index in [0.29, 0.717) is 27.0 Å².